The van der Waals surface area contributed by atoms with Crippen molar-refractivity contribution in [2.45, 2.75) is 40.2 Å². The maximum Gasteiger partial charge on any atom is 0.232 e. The van der Waals surface area contributed by atoms with Crippen LogP contribution in [0.2, 0.25) is 5.02 Å². The molecule has 0 aliphatic rings. The van der Waals surface area contributed by atoms with Gasteiger partial charge in [0.25, 0.3) is 0 Å². The van der Waals surface area contributed by atoms with Crippen LogP contribution in [0.1, 0.15) is 39.2 Å². The fraction of sp³-hybridized carbons (Fsp3) is 0.643. The molecule has 0 fully saturated rings. The van der Waals surface area contributed by atoms with Gasteiger partial charge in [0.05, 0.1) is 6.61 Å². The Kier molecular flexibility index (Phi) is 7.06. The van der Waals surface area contributed by atoms with Crippen molar-refractivity contribution in [3.05, 3.63) is 22.8 Å². The zero-order chi connectivity index (χ0) is 13.4. The van der Waals surface area contributed by atoms with E-state index < -0.39 is 0 Å². The fourth-order valence-electron chi connectivity index (χ4n) is 1.60. The topological polar surface area (TPSA) is 34.2 Å². The molecule has 0 saturated heterocycles. The Morgan fingerprint density at radius 3 is 2.83 bits per heavy atom. The van der Waals surface area contributed by atoms with E-state index in [1.165, 1.54) is 0 Å². The van der Waals surface area contributed by atoms with E-state index >= 15 is 0 Å². The summed E-state index contributed by atoms with van der Waals surface area (Å²) in [6, 6.07) is 1.91. The Bertz CT molecular complexity index is 356. The highest BCUT2D eigenvalue weighted by Crippen LogP contribution is 2.22. The molecule has 0 saturated carbocycles. The number of halogens is 1. The lowest BCUT2D eigenvalue weighted by atomic mass is 10.1. The van der Waals surface area contributed by atoms with Crippen LogP contribution in [0.15, 0.2) is 12.3 Å². The molecule has 0 amide bonds. The average molecular weight is 271 g/mol. The second-order valence-corrected chi connectivity index (χ2v) is 5.20. The minimum Gasteiger partial charge on any atom is -0.477 e. The van der Waals surface area contributed by atoms with Crippen LogP contribution in [0.4, 0.5) is 0 Å². The number of pyridine rings is 1. The van der Waals surface area contributed by atoms with Gasteiger partial charge in [-0.1, -0.05) is 32.4 Å². The van der Waals surface area contributed by atoms with Crippen LogP contribution in [0, 0.1) is 5.92 Å². The fourth-order valence-corrected chi connectivity index (χ4v) is 1.84. The van der Waals surface area contributed by atoms with Gasteiger partial charge < -0.3 is 10.1 Å². The summed E-state index contributed by atoms with van der Waals surface area (Å²) >= 11 is 6.13. The first kappa shape index (κ1) is 15.3. The number of ether oxygens (including phenoxy) is 1. The summed E-state index contributed by atoms with van der Waals surface area (Å²) in [5.74, 6) is 1.25. The molecule has 102 valence electrons. The molecule has 18 heavy (non-hydrogen) atoms. The molecule has 0 spiro atoms. The maximum atomic E-state index is 6.13. The maximum absolute atomic E-state index is 6.13. The van der Waals surface area contributed by atoms with Crippen molar-refractivity contribution in [1.29, 1.82) is 0 Å². The molecular weight excluding hydrogens is 248 g/mol. The Morgan fingerprint density at radius 1 is 1.44 bits per heavy atom. The molecule has 0 unspecified atom stereocenters. The van der Waals surface area contributed by atoms with Gasteiger partial charge in [0.15, 0.2) is 0 Å². The van der Waals surface area contributed by atoms with E-state index in [1.54, 1.807) is 0 Å². The van der Waals surface area contributed by atoms with Crippen molar-refractivity contribution in [1.82, 2.24) is 10.3 Å². The van der Waals surface area contributed by atoms with Crippen LogP contribution in [0.25, 0.3) is 0 Å². The van der Waals surface area contributed by atoms with E-state index in [9.17, 15) is 0 Å². The van der Waals surface area contributed by atoms with E-state index in [0.29, 0.717) is 23.4 Å². The minimum atomic E-state index is 0.542. The third-order valence-corrected chi connectivity index (χ3v) is 2.88. The zero-order valence-electron chi connectivity index (χ0n) is 11.5. The quantitative estimate of drug-likeness (QED) is 0.732. The second kappa shape index (κ2) is 8.33. The van der Waals surface area contributed by atoms with Gasteiger partial charge in [-0.2, -0.15) is 0 Å². The third-order valence-electron chi connectivity index (χ3n) is 2.61. The van der Waals surface area contributed by atoms with Crippen molar-refractivity contribution in [2.24, 2.45) is 5.92 Å². The van der Waals surface area contributed by atoms with E-state index in [2.05, 4.69) is 31.1 Å². The van der Waals surface area contributed by atoms with Gasteiger partial charge in [0.2, 0.25) is 5.88 Å². The molecule has 0 radical (unpaired) electrons. The molecule has 1 rings (SSSR count). The Balaban J connectivity index is 2.42. The Labute approximate surface area is 115 Å². The zero-order valence-corrected chi connectivity index (χ0v) is 12.3. The lowest BCUT2D eigenvalue weighted by Crippen LogP contribution is -2.12. The minimum absolute atomic E-state index is 0.542. The van der Waals surface area contributed by atoms with Gasteiger partial charge in [-0.25, -0.2) is 4.98 Å². The van der Waals surface area contributed by atoms with Gasteiger partial charge in [-0.05, 0) is 36.9 Å². The van der Waals surface area contributed by atoms with Crippen LogP contribution < -0.4 is 10.1 Å². The summed E-state index contributed by atoms with van der Waals surface area (Å²) in [6.07, 6.45) is 4.01. The van der Waals surface area contributed by atoms with Crippen molar-refractivity contribution >= 4 is 11.6 Å². The molecule has 1 aromatic heterocycles. The Hall–Kier alpha value is -0.800. The normalized spacial score (nSPS) is 10.9. The highest BCUT2D eigenvalue weighted by atomic mass is 35.5. The average Bonchev–Trinajstić information content (AvgIpc) is 2.33. The molecule has 0 aliphatic heterocycles. The summed E-state index contributed by atoms with van der Waals surface area (Å²) in [7, 11) is 0. The van der Waals surface area contributed by atoms with Gasteiger partial charge >= 0.3 is 0 Å². The smallest absolute Gasteiger partial charge is 0.232 e. The first-order chi connectivity index (χ1) is 8.63. The van der Waals surface area contributed by atoms with Crippen LogP contribution in [0.3, 0.4) is 0 Å². The van der Waals surface area contributed by atoms with Crippen LogP contribution in [-0.2, 0) is 6.54 Å². The molecule has 3 nitrogen and oxygen atoms in total. The van der Waals surface area contributed by atoms with Gasteiger partial charge in [-0.3, -0.25) is 0 Å². The molecule has 4 heteroatoms. The third kappa shape index (κ3) is 5.69. The SMILES string of the molecule is CCNCc1cnc(OCCCC(C)C)c(Cl)c1. The summed E-state index contributed by atoms with van der Waals surface area (Å²) in [4.78, 5) is 4.25. The Morgan fingerprint density at radius 2 is 2.22 bits per heavy atom. The second-order valence-electron chi connectivity index (χ2n) is 4.80. The van der Waals surface area contributed by atoms with Crippen molar-refractivity contribution in [2.75, 3.05) is 13.2 Å². The molecule has 0 aliphatic carbocycles. The molecular formula is C14H23ClN2O. The number of rotatable bonds is 8. The van der Waals surface area contributed by atoms with Crippen LogP contribution >= 0.6 is 11.6 Å². The standard InChI is InChI=1S/C14H23ClN2O/c1-4-16-9-12-8-13(15)14(17-10-12)18-7-5-6-11(2)3/h8,10-11,16H,4-7,9H2,1-3H3. The van der Waals surface area contributed by atoms with Crippen molar-refractivity contribution in [3.8, 4) is 5.88 Å². The molecule has 0 aromatic carbocycles. The first-order valence-corrected chi connectivity index (χ1v) is 6.99. The molecule has 1 N–H and O–H groups in total. The predicted molar refractivity (Wildman–Crippen MR) is 76.2 cm³/mol. The van der Waals surface area contributed by atoms with E-state index in [-0.39, 0.29) is 0 Å². The highest BCUT2D eigenvalue weighted by molar-refractivity contribution is 6.31. The van der Waals surface area contributed by atoms with Gasteiger partial charge in [0, 0.05) is 12.7 Å². The van der Waals surface area contributed by atoms with Gasteiger partial charge in [-0.15, -0.1) is 0 Å². The summed E-state index contributed by atoms with van der Waals surface area (Å²) in [5.41, 5.74) is 1.08. The molecule has 0 atom stereocenters. The molecule has 0 bridgehead atoms. The monoisotopic (exact) mass is 270 g/mol. The first-order valence-electron chi connectivity index (χ1n) is 6.61. The molecule has 1 heterocycles. The van der Waals surface area contributed by atoms with Crippen molar-refractivity contribution in [3.63, 3.8) is 0 Å². The predicted octanol–water partition coefficient (Wildman–Crippen LogP) is 3.66. The van der Waals surface area contributed by atoms with Gasteiger partial charge in [0.1, 0.15) is 5.02 Å². The van der Waals surface area contributed by atoms with Crippen LogP contribution in [-0.4, -0.2) is 18.1 Å². The van der Waals surface area contributed by atoms with Crippen molar-refractivity contribution < 1.29 is 4.74 Å². The number of hydrogen-bond acceptors (Lipinski definition) is 3. The van der Waals surface area contributed by atoms with E-state index in [0.717, 1.165) is 31.5 Å². The van der Waals surface area contributed by atoms with Crippen LogP contribution in [0.5, 0.6) is 5.88 Å². The summed E-state index contributed by atoms with van der Waals surface area (Å²) in [6.45, 7) is 8.89. The summed E-state index contributed by atoms with van der Waals surface area (Å²) in [5, 5.41) is 3.83. The number of nitrogens with one attached hydrogen (secondary N) is 1. The highest BCUT2D eigenvalue weighted by Gasteiger charge is 2.05. The lowest BCUT2D eigenvalue weighted by Gasteiger charge is -2.09. The lowest BCUT2D eigenvalue weighted by molar-refractivity contribution is 0.287. The van der Waals surface area contributed by atoms with E-state index in [1.807, 2.05) is 12.3 Å². The number of aromatic nitrogens is 1. The molecule has 1 aromatic rings. The summed E-state index contributed by atoms with van der Waals surface area (Å²) < 4.78 is 5.58. The van der Waals surface area contributed by atoms with E-state index in [4.69, 9.17) is 16.3 Å². The number of nitrogens with zero attached hydrogens (tertiary/aromatic N) is 1. The largest absolute Gasteiger partial charge is 0.477 e. The number of hydrogen-bond donors (Lipinski definition) is 1.